The van der Waals surface area contributed by atoms with E-state index in [9.17, 15) is 9.59 Å². The zero-order valence-electron chi connectivity index (χ0n) is 16.0. The largest absolute Gasteiger partial charge is 0.481 e. The molecule has 0 aliphatic carbocycles. The smallest absolute Gasteiger partial charge is 0.343 e. The highest BCUT2D eigenvalue weighted by Crippen LogP contribution is 2.32. The third kappa shape index (κ3) is 5.77. The Morgan fingerprint density at radius 2 is 2.03 bits per heavy atom. The second-order valence-electron chi connectivity index (χ2n) is 6.23. The average molecular weight is 477 g/mol. The first kappa shape index (κ1) is 21.3. The van der Waals surface area contributed by atoms with Gasteiger partial charge in [0.05, 0.1) is 16.5 Å². The number of ether oxygens (including phenoxy) is 2. The van der Waals surface area contributed by atoms with E-state index in [0.29, 0.717) is 15.1 Å². The van der Waals surface area contributed by atoms with Crippen molar-refractivity contribution in [2.45, 2.75) is 18.8 Å². The van der Waals surface area contributed by atoms with Crippen LogP contribution in [0.4, 0.5) is 5.69 Å². The summed E-state index contributed by atoms with van der Waals surface area (Å²) in [6.45, 7) is 1.95. The molecule has 1 atom stereocenters. The Morgan fingerprint density at radius 3 is 2.69 bits per heavy atom. The number of amides is 1. The number of halogens is 1. The van der Waals surface area contributed by atoms with Crippen molar-refractivity contribution in [3.8, 4) is 5.75 Å². The van der Waals surface area contributed by atoms with Crippen molar-refractivity contribution in [3.05, 3.63) is 63.0 Å². The molecule has 2 aromatic rings. The summed E-state index contributed by atoms with van der Waals surface area (Å²) in [5.41, 5.74) is 2.83. The molecule has 0 saturated carbocycles. The lowest BCUT2D eigenvalue weighted by atomic mass is 10.1. The van der Waals surface area contributed by atoms with Gasteiger partial charge in [-0.25, -0.2) is 4.79 Å². The number of rotatable bonds is 7. The van der Waals surface area contributed by atoms with E-state index in [1.807, 2.05) is 30.3 Å². The SMILES string of the molecule is CCc1ccc(N[C@@H]2NC(=O)/C(=C/c3ccc(OCC(=O)OC)c(Br)c3)S2)cc1. The second kappa shape index (κ2) is 9.84. The number of anilines is 1. The molecule has 6 nitrogen and oxygen atoms in total. The number of hydrogen-bond acceptors (Lipinski definition) is 6. The Hall–Kier alpha value is -2.45. The quantitative estimate of drug-likeness (QED) is 0.461. The number of hydrogen-bond donors (Lipinski definition) is 2. The molecule has 0 unspecified atom stereocenters. The number of methoxy groups -OCH3 is 1. The zero-order chi connectivity index (χ0) is 20.8. The molecular weight excluding hydrogens is 456 g/mol. The lowest BCUT2D eigenvalue weighted by Crippen LogP contribution is -2.30. The van der Waals surface area contributed by atoms with Crippen LogP contribution in [0.15, 0.2) is 51.8 Å². The predicted molar refractivity (Wildman–Crippen MR) is 119 cm³/mol. The van der Waals surface area contributed by atoms with Gasteiger partial charge < -0.3 is 20.1 Å². The third-order valence-corrected chi connectivity index (χ3v) is 5.87. The summed E-state index contributed by atoms with van der Waals surface area (Å²) in [6.07, 6.45) is 2.81. The molecule has 1 aliphatic heterocycles. The van der Waals surface area contributed by atoms with Gasteiger partial charge in [-0.1, -0.05) is 36.9 Å². The maximum absolute atomic E-state index is 12.3. The molecule has 1 amide bonds. The van der Waals surface area contributed by atoms with E-state index in [4.69, 9.17) is 4.74 Å². The van der Waals surface area contributed by atoms with Crippen molar-refractivity contribution in [3.63, 3.8) is 0 Å². The van der Waals surface area contributed by atoms with Gasteiger partial charge in [-0.3, -0.25) is 4.79 Å². The lowest BCUT2D eigenvalue weighted by Gasteiger charge is -2.12. The van der Waals surface area contributed by atoms with Gasteiger partial charge in [-0.15, -0.1) is 0 Å². The van der Waals surface area contributed by atoms with Crippen molar-refractivity contribution in [2.24, 2.45) is 0 Å². The number of esters is 1. The number of benzene rings is 2. The van der Waals surface area contributed by atoms with Gasteiger partial charge in [-0.05, 0) is 63.8 Å². The highest BCUT2D eigenvalue weighted by Gasteiger charge is 2.27. The van der Waals surface area contributed by atoms with Crippen molar-refractivity contribution >= 4 is 51.3 Å². The zero-order valence-corrected chi connectivity index (χ0v) is 18.4. The van der Waals surface area contributed by atoms with Gasteiger partial charge in [0, 0.05) is 5.69 Å². The molecule has 0 bridgehead atoms. The van der Waals surface area contributed by atoms with E-state index in [2.05, 4.69) is 50.4 Å². The van der Waals surface area contributed by atoms with Crippen LogP contribution in [0.1, 0.15) is 18.1 Å². The highest BCUT2D eigenvalue weighted by molar-refractivity contribution is 9.10. The van der Waals surface area contributed by atoms with Crippen LogP contribution in [0.2, 0.25) is 0 Å². The number of aryl methyl sites for hydroxylation is 1. The van der Waals surface area contributed by atoms with Crippen LogP contribution in [0, 0.1) is 0 Å². The van der Waals surface area contributed by atoms with Gasteiger partial charge in [0.25, 0.3) is 5.91 Å². The molecule has 152 valence electrons. The van der Waals surface area contributed by atoms with Crippen molar-refractivity contribution in [1.29, 1.82) is 0 Å². The third-order valence-electron chi connectivity index (χ3n) is 4.22. The standard InChI is InChI=1S/C21H21BrN2O4S/c1-3-13-4-7-15(8-5-13)23-21-24-20(26)18(29-21)11-14-6-9-17(16(22)10-14)28-12-19(25)27-2/h4-11,21,23H,3,12H2,1-2H3,(H,24,26)/b18-11-/t21-/m1/s1. The maximum Gasteiger partial charge on any atom is 0.343 e. The van der Waals surface area contributed by atoms with Crippen molar-refractivity contribution in [2.75, 3.05) is 19.0 Å². The number of nitrogens with one attached hydrogen (secondary N) is 2. The van der Waals surface area contributed by atoms with Crippen LogP contribution in [-0.2, 0) is 20.7 Å². The molecular formula is C21H21BrN2O4S. The van der Waals surface area contributed by atoms with Crippen LogP contribution in [0.3, 0.4) is 0 Å². The molecule has 8 heteroatoms. The molecule has 29 heavy (non-hydrogen) atoms. The van der Waals surface area contributed by atoms with E-state index in [1.54, 1.807) is 6.07 Å². The first-order valence-corrected chi connectivity index (χ1v) is 10.7. The van der Waals surface area contributed by atoms with Gasteiger partial charge >= 0.3 is 5.97 Å². The lowest BCUT2D eigenvalue weighted by molar-refractivity contribution is -0.142. The summed E-state index contributed by atoms with van der Waals surface area (Å²) in [5.74, 6) is -0.0547. The summed E-state index contributed by atoms with van der Waals surface area (Å²) in [4.78, 5) is 24.1. The minimum atomic E-state index is -0.454. The summed E-state index contributed by atoms with van der Waals surface area (Å²) < 4.78 is 10.6. The average Bonchev–Trinajstić information content (AvgIpc) is 3.06. The maximum atomic E-state index is 12.3. The molecule has 2 aromatic carbocycles. The van der Waals surface area contributed by atoms with E-state index < -0.39 is 5.97 Å². The first-order valence-electron chi connectivity index (χ1n) is 9.02. The fourth-order valence-corrected chi connectivity index (χ4v) is 4.12. The molecule has 2 N–H and O–H groups in total. The highest BCUT2D eigenvalue weighted by atomic mass is 79.9. The molecule has 1 heterocycles. The van der Waals surface area contributed by atoms with Crippen LogP contribution in [-0.4, -0.2) is 31.1 Å². The minimum Gasteiger partial charge on any atom is -0.481 e. The summed E-state index contributed by atoms with van der Waals surface area (Å²) in [6, 6.07) is 13.6. The molecule has 3 rings (SSSR count). The van der Waals surface area contributed by atoms with Crippen molar-refractivity contribution < 1.29 is 19.1 Å². The molecule has 1 aliphatic rings. The van der Waals surface area contributed by atoms with E-state index in [1.165, 1.54) is 24.4 Å². The topological polar surface area (TPSA) is 76.7 Å². The van der Waals surface area contributed by atoms with E-state index in [-0.39, 0.29) is 18.0 Å². The van der Waals surface area contributed by atoms with Crippen LogP contribution in [0.25, 0.3) is 6.08 Å². The predicted octanol–water partition coefficient (Wildman–Crippen LogP) is 4.16. The Bertz CT molecular complexity index is 931. The van der Waals surface area contributed by atoms with Crippen LogP contribution >= 0.6 is 27.7 Å². The van der Waals surface area contributed by atoms with Gasteiger partial charge in [0.2, 0.25) is 0 Å². The number of carbonyl (C=O) groups is 2. The van der Waals surface area contributed by atoms with E-state index in [0.717, 1.165) is 17.7 Å². The molecule has 1 fully saturated rings. The molecule has 0 aromatic heterocycles. The minimum absolute atomic E-state index is 0.125. The van der Waals surface area contributed by atoms with Gasteiger partial charge in [0.1, 0.15) is 5.75 Å². The Morgan fingerprint density at radius 1 is 1.28 bits per heavy atom. The Kier molecular flexibility index (Phi) is 7.22. The number of thioether (sulfide) groups is 1. The van der Waals surface area contributed by atoms with Crippen molar-refractivity contribution in [1.82, 2.24) is 5.32 Å². The van der Waals surface area contributed by atoms with E-state index >= 15 is 0 Å². The Balaban J connectivity index is 1.64. The fourth-order valence-electron chi connectivity index (χ4n) is 2.62. The van der Waals surface area contributed by atoms with Crippen LogP contribution in [0.5, 0.6) is 5.75 Å². The first-order chi connectivity index (χ1) is 14.0. The normalized spacial score (nSPS) is 17.1. The van der Waals surface area contributed by atoms with Crippen LogP contribution < -0.4 is 15.4 Å². The summed E-state index contributed by atoms with van der Waals surface area (Å²) >= 11 is 4.85. The summed E-state index contributed by atoms with van der Waals surface area (Å²) in [7, 11) is 1.31. The fraction of sp³-hybridized carbons (Fsp3) is 0.238. The molecule has 0 spiro atoms. The molecule has 1 saturated heterocycles. The Labute approximate surface area is 182 Å². The number of carbonyl (C=O) groups excluding carboxylic acids is 2. The van der Waals surface area contributed by atoms with Gasteiger partial charge in [0.15, 0.2) is 12.1 Å². The molecule has 0 radical (unpaired) electrons. The summed E-state index contributed by atoms with van der Waals surface area (Å²) in [5, 5.41) is 6.23. The monoisotopic (exact) mass is 476 g/mol. The van der Waals surface area contributed by atoms with Gasteiger partial charge in [-0.2, -0.15) is 0 Å². The second-order valence-corrected chi connectivity index (χ2v) is 8.23.